The molecule has 4 amide bonds. The summed E-state index contributed by atoms with van der Waals surface area (Å²) in [5.41, 5.74) is 0.597. The van der Waals surface area contributed by atoms with Gasteiger partial charge >= 0.3 is 0 Å². The number of ketones is 3. The van der Waals surface area contributed by atoms with Crippen molar-refractivity contribution in [2.45, 2.75) is 164 Å². The Morgan fingerprint density at radius 3 is 2.04 bits per heavy atom. The van der Waals surface area contributed by atoms with Gasteiger partial charge in [0.25, 0.3) is 5.91 Å². The number of amides is 4. The Labute approximate surface area is 346 Å². The van der Waals surface area contributed by atoms with Crippen molar-refractivity contribution < 1.29 is 66.3 Å². The van der Waals surface area contributed by atoms with Crippen molar-refractivity contribution in [2.24, 2.45) is 16.7 Å². The van der Waals surface area contributed by atoms with Gasteiger partial charge in [-0.1, -0.05) is 85.5 Å². The van der Waals surface area contributed by atoms with E-state index in [-0.39, 0.29) is 55.5 Å². The van der Waals surface area contributed by atoms with E-state index in [1.54, 1.807) is 18.7 Å². The molecule has 2 heterocycles. The molecule has 54 heavy (non-hydrogen) atoms. The largest absolute Gasteiger partial charge is 0.360 e. The Kier molecular flexibility index (Phi) is 16.0. The first-order valence-corrected chi connectivity index (χ1v) is 19.7. The van der Waals surface area contributed by atoms with Gasteiger partial charge in [0.05, 0.1) is 11.6 Å². The molecule has 1 spiro atoms. The van der Waals surface area contributed by atoms with Gasteiger partial charge in [-0.15, -0.1) is 5.41 Å². The molecule has 4 rings (SSSR count). The zero-order valence-electron chi connectivity index (χ0n) is 34.0. The molecule has 1 aromatic heterocycles. The van der Waals surface area contributed by atoms with E-state index in [1.165, 1.54) is 13.8 Å². The van der Waals surface area contributed by atoms with Crippen LogP contribution in [0.5, 0.6) is 0 Å². The predicted molar refractivity (Wildman–Crippen MR) is 202 cm³/mol. The number of H-pyrrole nitrogens is 1. The molecule has 2 aliphatic carbocycles. The molecule has 0 aromatic carbocycles. The molecular formula is C41H62N5O7Y-. The molecule has 3 fully saturated rings. The maximum Gasteiger partial charge on any atom is 0.269 e. The van der Waals surface area contributed by atoms with E-state index in [2.05, 4.69) is 20.9 Å². The summed E-state index contributed by atoms with van der Waals surface area (Å²) in [6.07, 6.45) is 9.75. The fourth-order valence-electron chi connectivity index (χ4n) is 8.90. The summed E-state index contributed by atoms with van der Waals surface area (Å²) in [4.78, 5) is 99.5. The minimum absolute atomic E-state index is 0. The molecule has 0 bridgehead atoms. The Balaban J connectivity index is 0.00000784. The summed E-state index contributed by atoms with van der Waals surface area (Å²) in [7, 11) is 0. The number of Topliss-reactive ketones (excluding diaryl/α,β-unsaturated/α-hetero) is 3. The summed E-state index contributed by atoms with van der Waals surface area (Å²) >= 11 is 0. The number of aromatic nitrogens is 1. The maximum absolute atomic E-state index is 14.9. The topological polar surface area (TPSA) is 175 Å². The number of aromatic amines is 1. The number of likely N-dealkylation sites (tertiary alicyclic amines) is 1. The predicted octanol–water partition coefficient (Wildman–Crippen LogP) is 5.24. The van der Waals surface area contributed by atoms with Crippen molar-refractivity contribution in [1.29, 1.82) is 0 Å². The molecule has 13 heteroatoms. The fraction of sp³-hybridized carbons (Fsp3) is 0.707. The van der Waals surface area contributed by atoms with E-state index in [0.717, 1.165) is 70.1 Å². The molecule has 1 saturated heterocycles. The zero-order chi connectivity index (χ0) is 39.4. The Hall–Kier alpha value is -2.73. The molecular weight excluding hydrogens is 763 g/mol. The summed E-state index contributed by atoms with van der Waals surface area (Å²) in [6.45, 7) is 15.8. The van der Waals surface area contributed by atoms with Crippen LogP contribution >= 0.6 is 0 Å². The number of carbonyl (C=O) groups excluding carboxylic acids is 7. The van der Waals surface area contributed by atoms with E-state index in [0.29, 0.717) is 36.2 Å². The van der Waals surface area contributed by atoms with Gasteiger partial charge in [-0.25, -0.2) is 0 Å². The fourth-order valence-corrected chi connectivity index (χ4v) is 8.90. The van der Waals surface area contributed by atoms with Gasteiger partial charge in [0.15, 0.2) is 11.6 Å². The number of carbonyl (C=O) groups is 7. The second kappa shape index (κ2) is 18.9. The monoisotopic (exact) mass is 825 g/mol. The van der Waals surface area contributed by atoms with Crippen LogP contribution < -0.4 is 16.0 Å². The molecule has 2 saturated carbocycles. The van der Waals surface area contributed by atoms with Gasteiger partial charge in [0.2, 0.25) is 23.5 Å². The molecule has 12 nitrogen and oxygen atoms in total. The molecule has 3 aliphatic rings. The minimum atomic E-state index is -1.06. The van der Waals surface area contributed by atoms with E-state index >= 15 is 0 Å². The van der Waals surface area contributed by atoms with Gasteiger partial charge in [0.1, 0.15) is 17.8 Å². The number of nitrogens with one attached hydrogen (secondary N) is 4. The Bertz CT molecular complexity index is 1580. The van der Waals surface area contributed by atoms with Gasteiger partial charge in [-0.05, 0) is 69.5 Å². The smallest absolute Gasteiger partial charge is 0.269 e. The Morgan fingerprint density at radius 1 is 0.907 bits per heavy atom. The SMILES string of the molecule is CCC[C@H](NC(=O)[C@@H]1[C-](C)C2(CCCCC2)CN1C(=O)[C@@H](NC(=O)[C@@H](NC(=O)c1[nH]c(C)c(C)c1C(C)=O)C1CCCCC1)C(C)(C)C)C(=O)C(C)=O.[Y]. The second-order valence-corrected chi connectivity index (χ2v) is 17.0. The quantitative estimate of drug-likeness (QED) is 0.120. The van der Waals surface area contributed by atoms with Crippen LogP contribution in [0.25, 0.3) is 0 Å². The molecule has 4 N–H and O–H groups in total. The molecule has 4 atom stereocenters. The van der Waals surface area contributed by atoms with Crippen molar-refractivity contribution in [2.75, 3.05) is 6.54 Å². The minimum Gasteiger partial charge on any atom is -0.360 e. The van der Waals surface area contributed by atoms with E-state index in [4.69, 9.17) is 0 Å². The average molecular weight is 826 g/mol. The van der Waals surface area contributed by atoms with Crippen LogP contribution in [0.15, 0.2) is 0 Å². The molecule has 1 radical (unpaired) electrons. The van der Waals surface area contributed by atoms with Crippen LogP contribution in [0.4, 0.5) is 0 Å². The second-order valence-electron chi connectivity index (χ2n) is 17.0. The number of hydrogen-bond acceptors (Lipinski definition) is 7. The van der Waals surface area contributed by atoms with Crippen molar-refractivity contribution >= 4 is 41.0 Å². The van der Waals surface area contributed by atoms with Crippen LogP contribution in [-0.4, -0.2) is 81.6 Å². The summed E-state index contributed by atoms with van der Waals surface area (Å²) in [5, 5.41) is 8.82. The first-order valence-electron chi connectivity index (χ1n) is 19.7. The maximum atomic E-state index is 14.9. The van der Waals surface area contributed by atoms with Crippen molar-refractivity contribution in [3.63, 3.8) is 0 Å². The molecule has 297 valence electrons. The summed E-state index contributed by atoms with van der Waals surface area (Å²) in [5.74, 6) is -2.85. The third-order valence-corrected chi connectivity index (χ3v) is 12.1. The molecule has 0 unspecified atom stereocenters. The zero-order valence-corrected chi connectivity index (χ0v) is 36.8. The number of aryl methyl sites for hydroxylation is 1. The van der Waals surface area contributed by atoms with Crippen LogP contribution in [0.1, 0.15) is 158 Å². The summed E-state index contributed by atoms with van der Waals surface area (Å²) in [6, 6.07) is -4.01. The Morgan fingerprint density at radius 2 is 1.50 bits per heavy atom. The van der Waals surface area contributed by atoms with Gasteiger partial charge in [-0.3, -0.25) is 39.5 Å². The van der Waals surface area contributed by atoms with Gasteiger partial charge in [0, 0.05) is 45.3 Å². The normalized spacial score (nSPS) is 20.7. The van der Waals surface area contributed by atoms with E-state index in [1.807, 2.05) is 34.6 Å². The van der Waals surface area contributed by atoms with Gasteiger partial charge < -0.3 is 25.8 Å². The van der Waals surface area contributed by atoms with Crippen molar-refractivity contribution in [1.82, 2.24) is 25.8 Å². The number of hydrogen-bond donors (Lipinski definition) is 4. The standard InChI is InChI=1S/C41H62N5O7.Y/c1-10-17-29(34(49)27(6)48)43-38(52)33-24(3)41(20-15-12-16-21-41)22-46(33)39(53)35(40(7,8)9)45-36(50)31(28-18-13-11-14-19-28)44-37(51)32-30(26(5)47)23(2)25(4)42-32;/h28-29,31,33,35,42H,10-22H2,1-9H3,(H,43,52)(H,44,51)(H,45,50);/q-1;/t29-,31-,33-,35+;/m0./s1. The molecule has 1 aromatic rings. The number of nitrogens with zero attached hydrogens (tertiary/aromatic N) is 1. The third kappa shape index (κ3) is 9.98. The molecule has 1 aliphatic heterocycles. The van der Waals surface area contributed by atoms with Crippen LogP contribution in [0.2, 0.25) is 0 Å². The van der Waals surface area contributed by atoms with Crippen molar-refractivity contribution in [3.8, 4) is 0 Å². The van der Waals surface area contributed by atoms with Crippen molar-refractivity contribution in [3.05, 3.63) is 28.4 Å². The third-order valence-electron chi connectivity index (χ3n) is 12.1. The average Bonchev–Trinajstić information content (AvgIpc) is 3.56. The van der Waals surface area contributed by atoms with Crippen LogP contribution in [0, 0.1) is 36.5 Å². The van der Waals surface area contributed by atoms with E-state index < -0.39 is 64.8 Å². The van der Waals surface area contributed by atoms with Crippen LogP contribution in [0.3, 0.4) is 0 Å². The number of rotatable bonds is 13. The summed E-state index contributed by atoms with van der Waals surface area (Å²) < 4.78 is 0. The first-order chi connectivity index (χ1) is 24.8. The van der Waals surface area contributed by atoms with E-state index in [9.17, 15) is 33.6 Å². The van der Waals surface area contributed by atoms with Gasteiger partial charge in [-0.2, -0.15) is 6.92 Å². The first kappa shape index (κ1) is 45.7. The van der Waals surface area contributed by atoms with Crippen LogP contribution in [-0.2, 0) is 56.7 Å².